The lowest BCUT2D eigenvalue weighted by Crippen LogP contribution is -2.32. The predicted molar refractivity (Wildman–Crippen MR) is 71.9 cm³/mol. The first-order valence-corrected chi connectivity index (χ1v) is 6.58. The zero-order valence-corrected chi connectivity index (χ0v) is 12.1. The highest BCUT2D eigenvalue weighted by molar-refractivity contribution is 9.10. The summed E-state index contributed by atoms with van der Waals surface area (Å²) in [5, 5.41) is 8.70. The van der Waals surface area contributed by atoms with Gasteiger partial charge in [-0.25, -0.2) is 4.39 Å². The maximum absolute atomic E-state index is 13.3. The summed E-state index contributed by atoms with van der Waals surface area (Å²) in [6.07, 6.45) is 0.0919. The topological polar surface area (TPSA) is 40.5 Å². The number of aliphatic carboxylic acids is 1. The van der Waals surface area contributed by atoms with Crippen LogP contribution in [0.2, 0.25) is 0 Å². The molecule has 3 nitrogen and oxygen atoms in total. The maximum atomic E-state index is 13.3. The molecule has 1 aromatic rings. The van der Waals surface area contributed by atoms with Crippen molar-refractivity contribution in [2.75, 3.05) is 6.54 Å². The summed E-state index contributed by atoms with van der Waals surface area (Å²) < 4.78 is 13.9. The monoisotopic (exact) mass is 317 g/mol. The average Bonchev–Trinajstić information content (AvgIpc) is 2.22. The van der Waals surface area contributed by atoms with Gasteiger partial charge in [0.1, 0.15) is 5.82 Å². The van der Waals surface area contributed by atoms with Crippen molar-refractivity contribution < 1.29 is 14.3 Å². The molecule has 0 fully saturated rings. The van der Waals surface area contributed by atoms with E-state index < -0.39 is 5.97 Å². The average molecular weight is 318 g/mol. The summed E-state index contributed by atoms with van der Waals surface area (Å²) in [6.45, 7) is 4.99. The van der Waals surface area contributed by atoms with Gasteiger partial charge in [-0.15, -0.1) is 0 Å². The minimum absolute atomic E-state index is 0.0919. The summed E-state index contributed by atoms with van der Waals surface area (Å²) in [7, 11) is 0. The maximum Gasteiger partial charge on any atom is 0.304 e. The molecule has 0 amide bonds. The van der Waals surface area contributed by atoms with Gasteiger partial charge in [0.2, 0.25) is 0 Å². The van der Waals surface area contributed by atoms with Crippen molar-refractivity contribution in [3.8, 4) is 0 Å². The van der Waals surface area contributed by atoms with E-state index in [1.807, 2.05) is 24.8 Å². The van der Waals surface area contributed by atoms with E-state index in [9.17, 15) is 9.18 Å². The summed E-state index contributed by atoms with van der Waals surface area (Å²) in [5.41, 5.74) is 0.834. The van der Waals surface area contributed by atoms with Crippen LogP contribution >= 0.6 is 15.9 Å². The molecule has 18 heavy (non-hydrogen) atoms. The highest BCUT2D eigenvalue weighted by atomic mass is 79.9. The molecule has 100 valence electrons. The van der Waals surface area contributed by atoms with Gasteiger partial charge in [-0.2, -0.15) is 0 Å². The first-order chi connectivity index (χ1) is 8.38. The summed E-state index contributed by atoms with van der Waals surface area (Å²) >= 11 is 3.25. The van der Waals surface area contributed by atoms with Crippen molar-refractivity contribution in [2.24, 2.45) is 0 Å². The lowest BCUT2D eigenvalue weighted by atomic mass is 10.1. The first-order valence-electron chi connectivity index (χ1n) is 5.79. The van der Waals surface area contributed by atoms with E-state index >= 15 is 0 Å². The van der Waals surface area contributed by atoms with Gasteiger partial charge in [0.25, 0.3) is 0 Å². The molecule has 0 aliphatic rings. The molecular weight excluding hydrogens is 301 g/mol. The number of hydrogen-bond acceptors (Lipinski definition) is 2. The van der Waals surface area contributed by atoms with Gasteiger partial charge in [0.15, 0.2) is 0 Å². The fourth-order valence-electron chi connectivity index (χ4n) is 1.70. The molecule has 0 aromatic heterocycles. The molecule has 0 radical (unpaired) electrons. The molecule has 0 atom stereocenters. The molecule has 0 unspecified atom stereocenters. The zero-order valence-electron chi connectivity index (χ0n) is 10.5. The van der Waals surface area contributed by atoms with E-state index in [0.717, 1.165) is 5.56 Å². The molecule has 0 aliphatic heterocycles. The van der Waals surface area contributed by atoms with E-state index in [0.29, 0.717) is 17.6 Å². The number of hydrogen-bond donors (Lipinski definition) is 1. The quantitative estimate of drug-likeness (QED) is 0.875. The van der Waals surface area contributed by atoms with Crippen molar-refractivity contribution in [3.05, 3.63) is 34.1 Å². The minimum Gasteiger partial charge on any atom is -0.481 e. The fourth-order valence-corrected chi connectivity index (χ4v) is 2.21. The molecule has 0 bridgehead atoms. The smallest absolute Gasteiger partial charge is 0.304 e. The first kappa shape index (κ1) is 15.1. The Hall–Kier alpha value is -0.940. The zero-order chi connectivity index (χ0) is 13.7. The molecule has 1 aromatic carbocycles. The molecule has 1 N–H and O–H groups in total. The highest BCUT2D eigenvalue weighted by Gasteiger charge is 2.12. The Morgan fingerprint density at radius 3 is 2.61 bits per heavy atom. The third-order valence-corrected chi connectivity index (χ3v) is 3.11. The van der Waals surface area contributed by atoms with Gasteiger partial charge >= 0.3 is 5.97 Å². The van der Waals surface area contributed by atoms with Gasteiger partial charge in [-0.05, 0) is 37.6 Å². The van der Waals surface area contributed by atoms with Crippen LogP contribution in [-0.4, -0.2) is 28.6 Å². The second kappa shape index (κ2) is 6.85. The van der Waals surface area contributed by atoms with Crippen LogP contribution in [0.4, 0.5) is 4.39 Å². The number of benzene rings is 1. The van der Waals surface area contributed by atoms with E-state index in [-0.39, 0.29) is 18.3 Å². The number of halogens is 2. The van der Waals surface area contributed by atoms with Crippen LogP contribution in [0.15, 0.2) is 22.7 Å². The number of rotatable bonds is 6. The molecule has 0 spiro atoms. The largest absolute Gasteiger partial charge is 0.481 e. The van der Waals surface area contributed by atoms with E-state index in [1.165, 1.54) is 12.1 Å². The van der Waals surface area contributed by atoms with Crippen molar-refractivity contribution in [1.29, 1.82) is 0 Å². The summed E-state index contributed by atoms with van der Waals surface area (Å²) in [6, 6.07) is 4.94. The number of carboxylic acids is 1. The second-order valence-corrected chi connectivity index (χ2v) is 5.40. The molecule has 5 heteroatoms. The lowest BCUT2D eigenvalue weighted by Gasteiger charge is -2.26. The SMILES string of the molecule is CC(C)N(CCC(=O)O)Cc1cc(F)cc(Br)c1. The third kappa shape index (κ3) is 5.14. The van der Waals surface area contributed by atoms with Crippen LogP contribution in [0.25, 0.3) is 0 Å². The van der Waals surface area contributed by atoms with Gasteiger partial charge in [0.05, 0.1) is 6.42 Å². The highest BCUT2D eigenvalue weighted by Crippen LogP contribution is 2.17. The van der Waals surface area contributed by atoms with Crippen LogP contribution in [0.5, 0.6) is 0 Å². The summed E-state index contributed by atoms with van der Waals surface area (Å²) in [5.74, 6) is -1.11. The standard InChI is InChI=1S/C13H17BrFNO2/c1-9(2)16(4-3-13(17)18)8-10-5-11(14)7-12(15)6-10/h5-7,9H,3-4,8H2,1-2H3,(H,17,18). The lowest BCUT2D eigenvalue weighted by molar-refractivity contribution is -0.137. The summed E-state index contributed by atoms with van der Waals surface area (Å²) in [4.78, 5) is 12.6. The Morgan fingerprint density at radius 2 is 2.11 bits per heavy atom. The predicted octanol–water partition coefficient (Wildman–Crippen LogP) is 3.27. The van der Waals surface area contributed by atoms with Crippen LogP contribution in [0.1, 0.15) is 25.8 Å². The fraction of sp³-hybridized carbons (Fsp3) is 0.462. The minimum atomic E-state index is -0.818. The van der Waals surface area contributed by atoms with E-state index in [1.54, 1.807) is 0 Å². The van der Waals surface area contributed by atoms with Crippen molar-refractivity contribution in [3.63, 3.8) is 0 Å². The molecule has 1 rings (SSSR count). The molecule has 0 aliphatic carbocycles. The Balaban J connectivity index is 2.73. The molecule has 0 saturated heterocycles. The Bertz CT molecular complexity index is 403. The Morgan fingerprint density at radius 1 is 1.44 bits per heavy atom. The van der Waals surface area contributed by atoms with Crippen molar-refractivity contribution in [2.45, 2.75) is 32.9 Å². The van der Waals surface area contributed by atoms with Gasteiger partial charge in [-0.1, -0.05) is 15.9 Å². The number of carboxylic acid groups (broad SMARTS) is 1. The van der Waals surface area contributed by atoms with Gasteiger partial charge < -0.3 is 5.11 Å². The molecule has 0 saturated carbocycles. The third-order valence-electron chi connectivity index (χ3n) is 2.65. The molecular formula is C13H17BrFNO2. The Labute approximate surface area is 115 Å². The van der Waals surface area contributed by atoms with Crippen LogP contribution < -0.4 is 0 Å². The van der Waals surface area contributed by atoms with Crippen LogP contribution in [-0.2, 0) is 11.3 Å². The van der Waals surface area contributed by atoms with E-state index in [2.05, 4.69) is 15.9 Å². The van der Waals surface area contributed by atoms with Crippen LogP contribution in [0.3, 0.4) is 0 Å². The number of nitrogens with zero attached hydrogens (tertiary/aromatic N) is 1. The van der Waals surface area contributed by atoms with Gasteiger partial charge in [-0.3, -0.25) is 9.69 Å². The van der Waals surface area contributed by atoms with Gasteiger partial charge in [0, 0.05) is 23.6 Å². The van der Waals surface area contributed by atoms with E-state index in [4.69, 9.17) is 5.11 Å². The Kier molecular flexibility index (Phi) is 5.75. The second-order valence-electron chi connectivity index (χ2n) is 4.49. The van der Waals surface area contributed by atoms with Crippen LogP contribution in [0, 0.1) is 5.82 Å². The van der Waals surface area contributed by atoms with Crippen molar-refractivity contribution >= 4 is 21.9 Å². The van der Waals surface area contributed by atoms with Crippen molar-refractivity contribution in [1.82, 2.24) is 4.90 Å². The molecule has 0 heterocycles. The normalized spacial score (nSPS) is 11.2. The number of carbonyl (C=O) groups is 1.